The van der Waals surface area contributed by atoms with Gasteiger partial charge in [-0.25, -0.2) is 8.42 Å². The Morgan fingerprint density at radius 3 is 2.29 bits per heavy atom. The average molecular weight is 456 g/mol. The van der Waals surface area contributed by atoms with Gasteiger partial charge in [-0.05, 0) is 49.7 Å². The second-order valence-electron chi connectivity index (χ2n) is 7.48. The van der Waals surface area contributed by atoms with Crippen LogP contribution in [0.2, 0.25) is 0 Å². The van der Waals surface area contributed by atoms with Crippen LogP contribution in [-0.2, 0) is 27.5 Å². The van der Waals surface area contributed by atoms with Crippen molar-refractivity contribution < 1.29 is 31.1 Å². The number of morpholine rings is 1. The Balaban J connectivity index is 1.70. The summed E-state index contributed by atoms with van der Waals surface area (Å²) in [7, 11) is -3.80. The number of hydrogen-bond acceptors (Lipinski definition) is 4. The molecule has 2 aromatic rings. The van der Waals surface area contributed by atoms with E-state index in [0.29, 0.717) is 5.56 Å². The number of halogens is 3. The topological polar surface area (TPSA) is 75.7 Å². The molecule has 1 aliphatic rings. The molecule has 6 nitrogen and oxygen atoms in total. The summed E-state index contributed by atoms with van der Waals surface area (Å²) in [5.74, 6) is -0.527. The fraction of sp³-hybridized carbons (Fsp3) is 0.381. The van der Waals surface area contributed by atoms with Gasteiger partial charge in [0.1, 0.15) is 0 Å². The van der Waals surface area contributed by atoms with Gasteiger partial charge < -0.3 is 10.1 Å². The van der Waals surface area contributed by atoms with Crippen LogP contribution in [0.5, 0.6) is 0 Å². The molecule has 1 N–H and O–H groups in total. The van der Waals surface area contributed by atoms with E-state index in [1.54, 1.807) is 13.8 Å². The Kier molecular flexibility index (Phi) is 6.73. The lowest BCUT2D eigenvalue weighted by atomic mass is 10.1. The molecule has 0 aromatic heterocycles. The van der Waals surface area contributed by atoms with Crippen LogP contribution in [0, 0.1) is 0 Å². The SMILES string of the molecule is C[C@@H]1CN(S(=O)(=O)c2cccc(C(=O)NCc3ccc(C(F)(F)F)cc3)c2)C[C@H](C)O1. The van der Waals surface area contributed by atoms with Crippen molar-refractivity contribution in [3.8, 4) is 0 Å². The number of sulfonamides is 1. The van der Waals surface area contributed by atoms with Gasteiger partial charge in [-0.3, -0.25) is 4.79 Å². The summed E-state index contributed by atoms with van der Waals surface area (Å²) in [6.07, 6.45) is -4.91. The number of nitrogens with one attached hydrogen (secondary N) is 1. The van der Waals surface area contributed by atoms with Crippen molar-refractivity contribution in [2.24, 2.45) is 0 Å². The van der Waals surface area contributed by atoms with Gasteiger partial charge in [-0.2, -0.15) is 17.5 Å². The van der Waals surface area contributed by atoms with Crippen LogP contribution < -0.4 is 5.32 Å². The standard InChI is InChI=1S/C21H23F3N2O4S/c1-14-12-26(13-15(2)30-14)31(28,29)19-5-3-4-17(10-19)20(27)25-11-16-6-8-18(9-7-16)21(22,23)24/h3-10,14-15H,11-13H2,1-2H3,(H,25,27)/t14-,15+. The molecular formula is C21H23F3N2O4S. The predicted octanol–water partition coefficient (Wildman–Crippen LogP) is 3.43. The monoisotopic (exact) mass is 456 g/mol. The zero-order chi connectivity index (χ0) is 22.8. The van der Waals surface area contributed by atoms with Crippen LogP contribution in [0.3, 0.4) is 0 Å². The van der Waals surface area contributed by atoms with E-state index in [1.807, 2.05) is 0 Å². The second kappa shape index (κ2) is 8.97. The van der Waals surface area contributed by atoms with Crippen LogP contribution in [0.15, 0.2) is 53.4 Å². The van der Waals surface area contributed by atoms with Crippen LogP contribution in [0.1, 0.15) is 35.3 Å². The second-order valence-corrected chi connectivity index (χ2v) is 9.42. The molecule has 0 spiro atoms. The van der Waals surface area contributed by atoms with Gasteiger partial charge in [0.2, 0.25) is 10.0 Å². The highest BCUT2D eigenvalue weighted by molar-refractivity contribution is 7.89. The van der Waals surface area contributed by atoms with Crippen molar-refractivity contribution in [3.63, 3.8) is 0 Å². The normalized spacial score (nSPS) is 20.4. The van der Waals surface area contributed by atoms with Gasteiger partial charge >= 0.3 is 6.18 Å². The summed E-state index contributed by atoms with van der Waals surface area (Å²) >= 11 is 0. The first-order chi connectivity index (χ1) is 14.5. The maximum atomic E-state index is 13.0. The number of nitrogens with zero attached hydrogens (tertiary/aromatic N) is 1. The quantitative estimate of drug-likeness (QED) is 0.748. The number of ether oxygens (including phenoxy) is 1. The summed E-state index contributed by atoms with van der Waals surface area (Å²) in [4.78, 5) is 12.5. The molecular weight excluding hydrogens is 433 g/mol. The zero-order valence-corrected chi connectivity index (χ0v) is 17.8. The smallest absolute Gasteiger partial charge is 0.373 e. The molecule has 0 radical (unpaired) electrons. The minimum atomic E-state index is -4.43. The van der Waals surface area contributed by atoms with Crippen molar-refractivity contribution in [1.29, 1.82) is 0 Å². The fourth-order valence-corrected chi connectivity index (χ4v) is 5.01. The van der Waals surface area contributed by atoms with Gasteiger partial charge in [0, 0.05) is 25.2 Å². The van der Waals surface area contributed by atoms with E-state index < -0.39 is 27.7 Å². The lowest BCUT2D eigenvalue weighted by molar-refractivity contribution is -0.137. The predicted molar refractivity (Wildman–Crippen MR) is 108 cm³/mol. The van der Waals surface area contributed by atoms with Crippen molar-refractivity contribution in [3.05, 3.63) is 65.2 Å². The molecule has 0 unspecified atom stereocenters. The van der Waals surface area contributed by atoms with Crippen molar-refractivity contribution >= 4 is 15.9 Å². The average Bonchev–Trinajstić information content (AvgIpc) is 2.71. The Morgan fingerprint density at radius 1 is 1.10 bits per heavy atom. The van der Waals surface area contributed by atoms with E-state index in [1.165, 1.54) is 40.7 Å². The maximum Gasteiger partial charge on any atom is 0.416 e. The summed E-state index contributed by atoms with van der Waals surface area (Å²) in [5.41, 5.74) is -0.143. The van der Waals surface area contributed by atoms with Crippen LogP contribution in [0.25, 0.3) is 0 Å². The van der Waals surface area contributed by atoms with Crippen molar-refractivity contribution in [2.75, 3.05) is 13.1 Å². The third-order valence-electron chi connectivity index (χ3n) is 4.85. The van der Waals surface area contributed by atoms with Gasteiger partial charge in [0.25, 0.3) is 5.91 Å². The number of rotatable bonds is 5. The molecule has 1 heterocycles. The summed E-state index contributed by atoms with van der Waals surface area (Å²) in [6.45, 7) is 4.03. The molecule has 2 atom stereocenters. The highest BCUT2D eigenvalue weighted by Crippen LogP contribution is 2.29. The zero-order valence-electron chi connectivity index (χ0n) is 17.0. The lowest BCUT2D eigenvalue weighted by Crippen LogP contribution is -2.48. The largest absolute Gasteiger partial charge is 0.416 e. The van der Waals surface area contributed by atoms with Gasteiger partial charge in [0.05, 0.1) is 22.7 Å². The fourth-order valence-electron chi connectivity index (χ4n) is 3.37. The third-order valence-corrected chi connectivity index (χ3v) is 6.68. The molecule has 1 fully saturated rings. The molecule has 1 amide bonds. The molecule has 0 saturated carbocycles. The molecule has 168 valence electrons. The van der Waals surface area contributed by atoms with E-state index >= 15 is 0 Å². The van der Waals surface area contributed by atoms with E-state index in [9.17, 15) is 26.4 Å². The van der Waals surface area contributed by atoms with Gasteiger partial charge in [-0.1, -0.05) is 18.2 Å². The molecule has 1 saturated heterocycles. The molecule has 0 bridgehead atoms. The maximum absolute atomic E-state index is 13.0. The Hall–Kier alpha value is -2.43. The number of amides is 1. The van der Waals surface area contributed by atoms with Crippen LogP contribution >= 0.6 is 0 Å². The van der Waals surface area contributed by atoms with E-state index in [-0.39, 0.29) is 42.3 Å². The first kappa shape index (κ1) is 23.2. The number of carbonyl (C=O) groups is 1. The number of benzene rings is 2. The number of carbonyl (C=O) groups excluding carboxylic acids is 1. The Morgan fingerprint density at radius 2 is 1.71 bits per heavy atom. The highest BCUT2D eigenvalue weighted by atomic mass is 32.2. The number of alkyl halides is 3. The third kappa shape index (κ3) is 5.63. The molecule has 3 rings (SSSR count). The van der Waals surface area contributed by atoms with Crippen LogP contribution in [0.4, 0.5) is 13.2 Å². The Bertz CT molecular complexity index is 1030. The molecule has 31 heavy (non-hydrogen) atoms. The summed E-state index contributed by atoms with van der Waals surface area (Å²) < 4.78 is 70.8. The van der Waals surface area contributed by atoms with E-state index in [2.05, 4.69) is 5.32 Å². The van der Waals surface area contributed by atoms with Gasteiger partial charge in [0.15, 0.2) is 0 Å². The lowest BCUT2D eigenvalue weighted by Gasteiger charge is -2.34. The minimum Gasteiger partial charge on any atom is -0.373 e. The van der Waals surface area contributed by atoms with Crippen molar-refractivity contribution in [2.45, 2.75) is 43.7 Å². The first-order valence-electron chi connectivity index (χ1n) is 9.67. The number of hydrogen-bond donors (Lipinski definition) is 1. The Labute approximate surface area is 179 Å². The van der Waals surface area contributed by atoms with E-state index in [0.717, 1.165) is 12.1 Å². The van der Waals surface area contributed by atoms with E-state index in [4.69, 9.17) is 4.74 Å². The van der Waals surface area contributed by atoms with Crippen molar-refractivity contribution in [1.82, 2.24) is 9.62 Å². The highest BCUT2D eigenvalue weighted by Gasteiger charge is 2.32. The molecule has 2 aromatic carbocycles. The van der Waals surface area contributed by atoms with Gasteiger partial charge in [-0.15, -0.1) is 0 Å². The first-order valence-corrected chi connectivity index (χ1v) is 11.1. The molecule has 10 heteroatoms. The summed E-state index contributed by atoms with van der Waals surface area (Å²) in [5, 5.41) is 2.60. The molecule has 0 aliphatic carbocycles. The molecule has 1 aliphatic heterocycles. The summed E-state index contributed by atoms with van der Waals surface area (Å²) in [6, 6.07) is 10.1. The van der Waals surface area contributed by atoms with Crippen LogP contribution in [-0.4, -0.2) is 43.9 Å². The minimum absolute atomic E-state index is 0.00372.